The van der Waals surface area contributed by atoms with Crippen LogP contribution in [-0.4, -0.2) is 23.2 Å². The van der Waals surface area contributed by atoms with E-state index < -0.39 is 0 Å². The number of fused-ring (bicyclic) bond motifs is 1. The second-order valence-electron chi connectivity index (χ2n) is 4.95. The summed E-state index contributed by atoms with van der Waals surface area (Å²) in [5, 5.41) is 0. The van der Waals surface area contributed by atoms with Gasteiger partial charge in [0, 0.05) is 18.8 Å². The van der Waals surface area contributed by atoms with Crippen molar-refractivity contribution < 1.29 is 9.53 Å². The standard InChI is InChI=1S/C14H22N2O2/c1-3-18-10(2)9-16-12-7-5-4-6-11(12)8-13(16)14(15)17/h8,10H,3-7,9H2,1-2H3,(H2,15,17). The van der Waals surface area contributed by atoms with Gasteiger partial charge in [-0.25, -0.2) is 0 Å². The van der Waals surface area contributed by atoms with Gasteiger partial charge < -0.3 is 15.0 Å². The second kappa shape index (κ2) is 5.57. The van der Waals surface area contributed by atoms with Crippen molar-refractivity contribution in [2.75, 3.05) is 6.61 Å². The molecule has 0 aliphatic heterocycles. The minimum absolute atomic E-state index is 0.103. The van der Waals surface area contributed by atoms with Crippen LogP contribution in [0.25, 0.3) is 0 Å². The number of aromatic nitrogens is 1. The number of amides is 1. The van der Waals surface area contributed by atoms with Gasteiger partial charge in [-0.3, -0.25) is 4.79 Å². The number of carbonyl (C=O) groups excluding carboxylic acids is 1. The summed E-state index contributed by atoms with van der Waals surface area (Å²) in [6.45, 7) is 5.41. The maximum absolute atomic E-state index is 11.5. The van der Waals surface area contributed by atoms with E-state index in [0.717, 1.165) is 12.8 Å². The molecule has 4 nitrogen and oxygen atoms in total. The van der Waals surface area contributed by atoms with Crippen LogP contribution in [0.5, 0.6) is 0 Å². The van der Waals surface area contributed by atoms with Gasteiger partial charge in [0.15, 0.2) is 0 Å². The fourth-order valence-corrected chi connectivity index (χ4v) is 2.77. The maximum atomic E-state index is 11.5. The summed E-state index contributed by atoms with van der Waals surface area (Å²) in [6.07, 6.45) is 4.60. The molecule has 0 saturated heterocycles. The highest BCUT2D eigenvalue weighted by Crippen LogP contribution is 2.25. The van der Waals surface area contributed by atoms with E-state index in [2.05, 4.69) is 4.57 Å². The molecule has 18 heavy (non-hydrogen) atoms. The first kappa shape index (κ1) is 13.1. The molecule has 1 heterocycles. The molecule has 1 aliphatic rings. The molecule has 1 aliphatic carbocycles. The van der Waals surface area contributed by atoms with Crippen LogP contribution in [-0.2, 0) is 24.1 Å². The number of aryl methyl sites for hydroxylation is 1. The Kier molecular flexibility index (Phi) is 4.07. The third-order valence-corrected chi connectivity index (χ3v) is 3.55. The highest BCUT2D eigenvalue weighted by Gasteiger charge is 2.21. The predicted octanol–water partition coefficient (Wildman–Crippen LogP) is 1.89. The van der Waals surface area contributed by atoms with Gasteiger partial charge in [0.2, 0.25) is 0 Å². The van der Waals surface area contributed by atoms with Crippen molar-refractivity contribution in [1.82, 2.24) is 4.57 Å². The van der Waals surface area contributed by atoms with E-state index in [1.54, 1.807) is 0 Å². The lowest BCUT2D eigenvalue weighted by Crippen LogP contribution is -2.24. The molecule has 0 bridgehead atoms. The zero-order valence-corrected chi connectivity index (χ0v) is 11.2. The first-order valence-corrected chi connectivity index (χ1v) is 6.76. The van der Waals surface area contributed by atoms with Crippen LogP contribution >= 0.6 is 0 Å². The van der Waals surface area contributed by atoms with E-state index >= 15 is 0 Å². The van der Waals surface area contributed by atoms with Gasteiger partial charge in [0.1, 0.15) is 5.69 Å². The van der Waals surface area contributed by atoms with E-state index in [4.69, 9.17) is 10.5 Å². The molecular formula is C14H22N2O2. The molecule has 0 spiro atoms. The first-order valence-electron chi connectivity index (χ1n) is 6.76. The van der Waals surface area contributed by atoms with Gasteiger partial charge in [0.05, 0.1) is 6.10 Å². The number of primary amides is 1. The van der Waals surface area contributed by atoms with Gasteiger partial charge in [0.25, 0.3) is 5.91 Å². The number of nitrogens with two attached hydrogens (primary N) is 1. The van der Waals surface area contributed by atoms with E-state index in [1.807, 2.05) is 19.9 Å². The van der Waals surface area contributed by atoms with E-state index in [1.165, 1.54) is 24.1 Å². The molecule has 0 radical (unpaired) electrons. The number of hydrogen-bond acceptors (Lipinski definition) is 2. The Morgan fingerprint density at radius 3 is 2.89 bits per heavy atom. The van der Waals surface area contributed by atoms with Crippen molar-refractivity contribution in [3.63, 3.8) is 0 Å². The smallest absolute Gasteiger partial charge is 0.265 e. The van der Waals surface area contributed by atoms with Gasteiger partial charge in [-0.2, -0.15) is 0 Å². The summed E-state index contributed by atoms with van der Waals surface area (Å²) in [5.41, 5.74) is 8.68. The average Bonchev–Trinajstić information content (AvgIpc) is 2.69. The zero-order valence-electron chi connectivity index (χ0n) is 11.2. The van der Waals surface area contributed by atoms with Crippen molar-refractivity contribution in [3.05, 3.63) is 23.0 Å². The van der Waals surface area contributed by atoms with Crippen molar-refractivity contribution in [2.45, 2.75) is 52.2 Å². The molecule has 0 aromatic carbocycles. The van der Waals surface area contributed by atoms with Crippen LogP contribution in [0.2, 0.25) is 0 Å². The zero-order chi connectivity index (χ0) is 13.1. The van der Waals surface area contributed by atoms with Gasteiger partial charge in [-0.15, -0.1) is 0 Å². The van der Waals surface area contributed by atoms with Crippen LogP contribution in [0, 0.1) is 0 Å². The minimum atomic E-state index is -0.340. The lowest BCUT2D eigenvalue weighted by Gasteiger charge is -2.19. The lowest BCUT2D eigenvalue weighted by molar-refractivity contribution is 0.0626. The Labute approximate surface area is 108 Å². The molecule has 0 saturated carbocycles. The molecule has 1 aromatic rings. The summed E-state index contributed by atoms with van der Waals surface area (Å²) in [4.78, 5) is 11.5. The third-order valence-electron chi connectivity index (χ3n) is 3.55. The fraction of sp³-hybridized carbons (Fsp3) is 0.643. The van der Waals surface area contributed by atoms with E-state index in [0.29, 0.717) is 18.8 Å². The minimum Gasteiger partial charge on any atom is -0.377 e. The Balaban J connectivity index is 2.30. The monoisotopic (exact) mass is 250 g/mol. The van der Waals surface area contributed by atoms with Crippen LogP contribution in [0.1, 0.15) is 48.4 Å². The van der Waals surface area contributed by atoms with E-state index in [-0.39, 0.29) is 12.0 Å². The second-order valence-corrected chi connectivity index (χ2v) is 4.95. The third kappa shape index (κ3) is 2.58. The Morgan fingerprint density at radius 1 is 1.50 bits per heavy atom. The summed E-state index contributed by atoms with van der Waals surface area (Å²) < 4.78 is 7.63. The number of nitrogens with zero attached hydrogens (tertiary/aromatic N) is 1. The Bertz CT molecular complexity index is 437. The van der Waals surface area contributed by atoms with Crippen LogP contribution in [0.3, 0.4) is 0 Å². The molecule has 1 amide bonds. The van der Waals surface area contributed by atoms with Gasteiger partial charge >= 0.3 is 0 Å². The van der Waals surface area contributed by atoms with Crippen molar-refractivity contribution in [2.24, 2.45) is 5.73 Å². The van der Waals surface area contributed by atoms with Crippen LogP contribution in [0.4, 0.5) is 0 Å². The number of rotatable bonds is 5. The summed E-state index contributed by atoms with van der Waals surface area (Å²) in [5.74, 6) is -0.340. The van der Waals surface area contributed by atoms with E-state index in [9.17, 15) is 4.79 Å². The largest absolute Gasteiger partial charge is 0.377 e. The average molecular weight is 250 g/mol. The molecule has 1 atom stereocenters. The molecular weight excluding hydrogens is 228 g/mol. The highest BCUT2D eigenvalue weighted by molar-refractivity contribution is 5.91. The Hall–Kier alpha value is -1.29. The SMILES string of the molecule is CCOC(C)Cn1c(C(N)=O)cc2c1CCCC2. The fourth-order valence-electron chi connectivity index (χ4n) is 2.77. The lowest BCUT2D eigenvalue weighted by atomic mass is 9.98. The normalized spacial score (nSPS) is 16.3. The highest BCUT2D eigenvalue weighted by atomic mass is 16.5. The molecule has 2 rings (SSSR count). The number of ether oxygens (including phenoxy) is 1. The molecule has 1 aromatic heterocycles. The number of carbonyl (C=O) groups is 1. The summed E-state index contributed by atoms with van der Waals surface area (Å²) in [6, 6.07) is 1.97. The number of hydrogen-bond donors (Lipinski definition) is 1. The molecule has 1 unspecified atom stereocenters. The Morgan fingerprint density at radius 2 is 2.22 bits per heavy atom. The molecule has 2 N–H and O–H groups in total. The quantitative estimate of drug-likeness (QED) is 0.867. The summed E-state index contributed by atoms with van der Waals surface area (Å²) >= 11 is 0. The maximum Gasteiger partial charge on any atom is 0.265 e. The predicted molar refractivity (Wildman–Crippen MR) is 70.7 cm³/mol. The van der Waals surface area contributed by atoms with Crippen LogP contribution in [0.15, 0.2) is 6.07 Å². The van der Waals surface area contributed by atoms with Gasteiger partial charge in [-0.05, 0) is 51.2 Å². The van der Waals surface area contributed by atoms with Gasteiger partial charge in [-0.1, -0.05) is 0 Å². The van der Waals surface area contributed by atoms with Crippen molar-refractivity contribution in [1.29, 1.82) is 0 Å². The van der Waals surface area contributed by atoms with Crippen molar-refractivity contribution >= 4 is 5.91 Å². The topological polar surface area (TPSA) is 57.2 Å². The molecule has 100 valence electrons. The summed E-state index contributed by atoms with van der Waals surface area (Å²) in [7, 11) is 0. The first-order chi connectivity index (χ1) is 8.63. The molecule has 4 heteroatoms. The van der Waals surface area contributed by atoms with Crippen LogP contribution < -0.4 is 5.73 Å². The van der Waals surface area contributed by atoms with Crippen molar-refractivity contribution in [3.8, 4) is 0 Å². The molecule has 0 fully saturated rings.